The van der Waals surface area contributed by atoms with E-state index in [9.17, 15) is 0 Å². The molecule has 0 radical (unpaired) electrons. The number of fused-ring (bicyclic) bond motifs is 1. The van der Waals surface area contributed by atoms with Crippen molar-refractivity contribution in [1.82, 2.24) is 39.5 Å². The molecule has 0 spiro atoms. The second kappa shape index (κ2) is 9.71. The summed E-state index contributed by atoms with van der Waals surface area (Å²) >= 11 is 0. The van der Waals surface area contributed by atoms with Gasteiger partial charge in [0.25, 0.3) is 0 Å². The van der Waals surface area contributed by atoms with Crippen LogP contribution in [0.3, 0.4) is 0 Å². The normalized spacial score (nSPS) is 18.0. The van der Waals surface area contributed by atoms with Crippen molar-refractivity contribution in [3.63, 3.8) is 0 Å². The molecule has 2 aliphatic rings. The number of nitrogens with zero attached hydrogens (tertiary/aromatic N) is 8. The lowest BCUT2D eigenvalue weighted by molar-refractivity contribution is 0.146. The standard InChI is InChI=1S/C25H31N9O/c35-12-11-32-9-7-22(8-10-32)33-17-20(16-27-33)18-13-19(15-26-14-18)25-30-29-24-6-5-23(31-34(24)25)28-21-3-1-2-4-21/h5-6,13-17,21-22,35H,1-4,7-12H2,(H,28,31). The van der Waals surface area contributed by atoms with Crippen LogP contribution < -0.4 is 5.32 Å². The summed E-state index contributed by atoms with van der Waals surface area (Å²) < 4.78 is 3.87. The Kier molecular flexibility index (Phi) is 6.13. The van der Waals surface area contributed by atoms with E-state index >= 15 is 0 Å². The molecular weight excluding hydrogens is 442 g/mol. The number of hydrogen-bond acceptors (Lipinski definition) is 8. The molecule has 6 rings (SSSR count). The van der Waals surface area contributed by atoms with Gasteiger partial charge in [-0.15, -0.1) is 15.3 Å². The molecule has 2 fully saturated rings. The number of pyridine rings is 1. The number of β-amino-alcohol motifs (C(OH)–C–C–N with tert-alkyl or cyclic N) is 1. The molecule has 5 heterocycles. The lowest BCUT2D eigenvalue weighted by Crippen LogP contribution is -2.36. The van der Waals surface area contributed by atoms with Crippen LogP contribution in [0.4, 0.5) is 5.82 Å². The molecule has 10 nitrogen and oxygen atoms in total. The first-order valence-electron chi connectivity index (χ1n) is 12.6. The molecule has 35 heavy (non-hydrogen) atoms. The smallest absolute Gasteiger partial charge is 0.187 e. The molecule has 0 amide bonds. The van der Waals surface area contributed by atoms with Crippen molar-refractivity contribution in [3.8, 4) is 22.5 Å². The van der Waals surface area contributed by atoms with Gasteiger partial charge in [-0.3, -0.25) is 9.67 Å². The number of rotatable bonds is 7. The first kappa shape index (κ1) is 22.1. The molecule has 0 bridgehead atoms. The first-order chi connectivity index (χ1) is 17.3. The Balaban J connectivity index is 1.23. The van der Waals surface area contributed by atoms with Crippen molar-refractivity contribution in [2.45, 2.75) is 50.6 Å². The SMILES string of the molecule is OCCN1CCC(n2cc(-c3cncc(-c4nnc5ccc(NC6CCCC6)nn45)c3)cn2)CC1. The Hall–Kier alpha value is -3.37. The van der Waals surface area contributed by atoms with Crippen LogP contribution in [0.2, 0.25) is 0 Å². The van der Waals surface area contributed by atoms with Gasteiger partial charge >= 0.3 is 0 Å². The number of anilines is 1. The van der Waals surface area contributed by atoms with Crippen molar-refractivity contribution >= 4 is 11.5 Å². The maximum Gasteiger partial charge on any atom is 0.187 e. The van der Waals surface area contributed by atoms with Crippen molar-refractivity contribution in [2.24, 2.45) is 0 Å². The highest BCUT2D eigenvalue weighted by molar-refractivity contribution is 5.69. The highest BCUT2D eigenvalue weighted by Crippen LogP contribution is 2.28. The van der Waals surface area contributed by atoms with E-state index in [4.69, 9.17) is 10.2 Å². The van der Waals surface area contributed by atoms with E-state index in [1.165, 1.54) is 25.7 Å². The lowest BCUT2D eigenvalue weighted by Gasteiger charge is -2.31. The van der Waals surface area contributed by atoms with Gasteiger partial charge in [0, 0.05) is 61.0 Å². The van der Waals surface area contributed by atoms with Crippen molar-refractivity contribution in [1.29, 1.82) is 0 Å². The summed E-state index contributed by atoms with van der Waals surface area (Å²) in [6.07, 6.45) is 14.7. The summed E-state index contributed by atoms with van der Waals surface area (Å²) in [5.41, 5.74) is 3.60. The van der Waals surface area contributed by atoms with Gasteiger partial charge in [-0.25, -0.2) is 0 Å². The molecule has 1 aliphatic carbocycles. The second-order valence-electron chi connectivity index (χ2n) is 9.61. The van der Waals surface area contributed by atoms with Gasteiger partial charge in [-0.1, -0.05) is 12.8 Å². The zero-order valence-corrected chi connectivity index (χ0v) is 19.8. The fourth-order valence-corrected chi connectivity index (χ4v) is 5.28. The Morgan fingerprint density at radius 2 is 1.77 bits per heavy atom. The van der Waals surface area contributed by atoms with Crippen LogP contribution in [-0.2, 0) is 0 Å². The largest absolute Gasteiger partial charge is 0.395 e. The predicted molar refractivity (Wildman–Crippen MR) is 133 cm³/mol. The summed E-state index contributed by atoms with van der Waals surface area (Å²) in [4.78, 5) is 6.80. The fraction of sp³-hybridized carbons (Fsp3) is 0.480. The van der Waals surface area contributed by atoms with E-state index in [2.05, 4.69) is 47.4 Å². The van der Waals surface area contributed by atoms with Gasteiger partial charge in [0.2, 0.25) is 0 Å². The maximum absolute atomic E-state index is 9.17. The molecule has 4 aromatic rings. The third-order valence-corrected chi connectivity index (χ3v) is 7.25. The van der Waals surface area contributed by atoms with Gasteiger partial charge in [0.15, 0.2) is 11.5 Å². The van der Waals surface area contributed by atoms with E-state index in [0.29, 0.717) is 23.6 Å². The van der Waals surface area contributed by atoms with E-state index in [-0.39, 0.29) is 6.61 Å². The number of likely N-dealkylation sites (tertiary alicyclic amines) is 1. The van der Waals surface area contributed by atoms with Crippen LogP contribution in [-0.4, -0.2) is 76.9 Å². The Labute approximate surface area is 204 Å². The molecule has 0 atom stereocenters. The third kappa shape index (κ3) is 4.63. The van der Waals surface area contributed by atoms with E-state index in [0.717, 1.165) is 55.0 Å². The Morgan fingerprint density at radius 1 is 0.943 bits per heavy atom. The number of piperidine rings is 1. The average molecular weight is 474 g/mol. The van der Waals surface area contributed by atoms with Gasteiger partial charge in [0.05, 0.1) is 18.8 Å². The molecule has 0 unspecified atom stereocenters. The molecule has 10 heteroatoms. The number of aliphatic hydroxyl groups is 1. The highest BCUT2D eigenvalue weighted by Gasteiger charge is 2.21. The first-order valence-corrected chi connectivity index (χ1v) is 12.6. The van der Waals surface area contributed by atoms with Crippen molar-refractivity contribution in [2.75, 3.05) is 31.6 Å². The van der Waals surface area contributed by atoms with Crippen LogP contribution in [0.1, 0.15) is 44.6 Å². The lowest BCUT2D eigenvalue weighted by atomic mass is 10.1. The molecule has 2 N–H and O–H groups in total. The third-order valence-electron chi connectivity index (χ3n) is 7.25. The van der Waals surface area contributed by atoms with Crippen LogP contribution in [0.5, 0.6) is 0 Å². The molecule has 0 aromatic carbocycles. The number of nitrogens with one attached hydrogen (secondary N) is 1. The number of hydrogen-bond donors (Lipinski definition) is 2. The summed E-state index contributed by atoms with van der Waals surface area (Å²) in [5, 5.41) is 30.9. The zero-order chi connectivity index (χ0) is 23.6. The van der Waals surface area contributed by atoms with E-state index in [1.54, 1.807) is 10.7 Å². The summed E-state index contributed by atoms with van der Waals surface area (Å²) in [5.74, 6) is 1.52. The Bertz CT molecular complexity index is 1290. The van der Waals surface area contributed by atoms with Gasteiger partial charge < -0.3 is 15.3 Å². The quantitative estimate of drug-likeness (QED) is 0.422. The van der Waals surface area contributed by atoms with E-state index in [1.807, 2.05) is 24.5 Å². The van der Waals surface area contributed by atoms with Gasteiger partial charge in [-0.2, -0.15) is 9.61 Å². The van der Waals surface area contributed by atoms with Crippen LogP contribution >= 0.6 is 0 Å². The minimum atomic E-state index is 0.217. The summed E-state index contributed by atoms with van der Waals surface area (Å²) in [7, 11) is 0. The fourth-order valence-electron chi connectivity index (χ4n) is 5.28. The second-order valence-corrected chi connectivity index (χ2v) is 9.61. The zero-order valence-electron chi connectivity index (χ0n) is 19.8. The molecule has 1 aliphatic heterocycles. The monoisotopic (exact) mass is 473 g/mol. The molecule has 1 saturated heterocycles. The summed E-state index contributed by atoms with van der Waals surface area (Å²) in [6, 6.07) is 6.87. The van der Waals surface area contributed by atoms with E-state index < -0.39 is 0 Å². The molecule has 182 valence electrons. The number of aromatic nitrogens is 7. The number of aliphatic hydroxyl groups excluding tert-OH is 1. The topological polar surface area (TPSA) is 109 Å². The highest BCUT2D eigenvalue weighted by atomic mass is 16.3. The van der Waals surface area contributed by atoms with Crippen molar-refractivity contribution in [3.05, 3.63) is 43.0 Å². The average Bonchev–Trinajstić information content (AvgIpc) is 3.66. The molecule has 1 saturated carbocycles. The maximum atomic E-state index is 9.17. The van der Waals surface area contributed by atoms with Crippen LogP contribution in [0.15, 0.2) is 43.0 Å². The Morgan fingerprint density at radius 3 is 2.60 bits per heavy atom. The minimum absolute atomic E-state index is 0.217. The van der Waals surface area contributed by atoms with Crippen molar-refractivity contribution < 1.29 is 5.11 Å². The van der Waals surface area contributed by atoms with Crippen LogP contribution in [0.25, 0.3) is 28.2 Å². The predicted octanol–water partition coefficient (Wildman–Crippen LogP) is 3.03. The van der Waals surface area contributed by atoms with Gasteiger partial charge in [-0.05, 0) is 43.9 Å². The summed E-state index contributed by atoms with van der Waals surface area (Å²) in [6.45, 7) is 2.94. The van der Waals surface area contributed by atoms with Gasteiger partial charge in [0.1, 0.15) is 5.82 Å². The molecule has 4 aromatic heterocycles. The van der Waals surface area contributed by atoms with Crippen LogP contribution in [0, 0.1) is 0 Å². The molecular formula is C25H31N9O. The minimum Gasteiger partial charge on any atom is -0.395 e.